The van der Waals surface area contributed by atoms with E-state index < -0.39 is 22.7 Å². The average molecular weight is 316 g/mol. The average Bonchev–Trinajstić information content (AvgIpc) is 2.39. The molecule has 0 atom stereocenters. The second-order valence-corrected chi connectivity index (χ2v) is 7.45. The van der Waals surface area contributed by atoms with Gasteiger partial charge >= 0.3 is 18.9 Å². The Morgan fingerprint density at radius 1 is 1.15 bits per heavy atom. The van der Waals surface area contributed by atoms with Gasteiger partial charge in [-0.2, -0.15) is 0 Å². The molecule has 0 aliphatic carbocycles. The normalized spacial score (nSPS) is 12.2. The summed E-state index contributed by atoms with van der Waals surface area (Å²) in [6, 6.07) is 6.87. The van der Waals surface area contributed by atoms with Crippen LogP contribution in [0.5, 0.6) is 0 Å². The molecule has 0 radical (unpaired) electrons. The molecular weight excluding hydrogens is 301 g/mol. The fourth-order valence-electron chi connectivity index (χ4n) is 1.32. The van der Waals surface area contributed by atoms with Gasteiger partial charge in [-0.25, -0.2) is 0 Å². The molecule has 1 aromatic rings. The molecule has 0 aliphatic rings. The first-order valence-electron chi connectivity index (χ1n) is 5.60. The summed E-state index contributed by atoms with van der Waals surface area (Å²) in [5, 5.41) is -1.78. The standard InChI is InChI=1S/C11H15FO5PS.Li/c1-3-16-18(13,17-4-2)11(12)19(14,15)10-8-6-5-7-9-10;/h5-9H,3-4H2,1-2H3;/q-1;+1. The van der Waals surface area contributed by atoms with E-state index in [2.05, 4.69) is 9.05 Å². The van der Waals surface area contributed by atoms with E-state index in [0.29, 0.717) is 0 Å². The number of benzene rings is 1. The first-order chi connectivity index (χ1) is 8.88. The van der Waals surface area contributed by atoms with Crippen LogP contribution in [0.3, 0.4) is 0 Å². The zero-order chi connectivity index (χ0) is 14.5. The van der Waals surface area contributed by atoms with Crippen molar-refractivity contribution in [2.75, 3.05) is 13.2 Å². The van der Waals surface area contributed by atoms with Crippen molar-refractivity contribution < 1.29 is 45.3 Å². The van der Waals surface area contributed by atoms with Gasteiger partial charge in [-0.1, -0.05) is 18.2 Å². The molecule has 20 heavy (non-hydrogen) atoms. The van der Waals surface area contributed by atoms with Gasteiger partial charge in [0.2, 0.25) is 7.60 Å². The fourth-order valence-corrected chi connectivity index (χ4v) is 4.80. The molecule has 0 aliphatic heterocycles. The molecule has 0 unspecified atom stereocenters. The van der Waals surface area contributed by atoms with Gasteiger partial charge in [0.1, 0.15) is 0 Å². The van der Waals surface area contributed by atoms with Crippen LogP contribution >= 0.6 is 7.60 Å². The third-order valence-electron chi connectivity index (χ3n) is 2.09. The molecule has 9 heteroatoms. The minimum atomic E-state index is -4.50. The van der Waals surface area contributed by atoms with Crippen LogP contribution in [0.4, 0.5) is 4.39 Å². The van der Waals surface area contributed by atoms with Crippen molar-refractivity contribution in [1.82, 2.24) is 0 Å². The second kappa shape index (κ2) is 8.33. The number of hydrogen-bond donors (Lipinski definition) is 0. The smallest absolute Gasteiger partial charge is 0.426 e. The summed E-state index contributed by atoms with van der Waals surface area (Å²) in [6.45, 7) is 2.67. The van der Waals surface area contributed by atoms with Gasteiger partial charge in [0.25, 0.3) is 0 Å². The fraction of sp³-hybridized carbons (Fsp3) is 0.364. The molecule has 0 heterocycles. The molecule has 1 aromatic carbocycles. The van der Waals surface area contributed by atoms with Crippen molar-refractivity contribution in [3.05, 3.63) is 35.6 Å². The number of halogens is 1. The van der Waals surface area contributed by atoms with Crippen molar-refractivity contribution in [3.63, 3.8) is 0 Å². The third kappa shape index (κ3) is 4.42. The Labute approximate surface area is 130 Å². The summed E-state index contributed by atoms with van der Waals surface area (Å²) in [4.78, 5) is -0.299. The van der Waals surface area contributed by atoms with Gasteiger partial charge in [0.15, 0.2) is 0 Å². The van der Waals surface area contributed by atoms with E-state index in [1.165, 1.54) is 38.1 Å². The monoisotopic (exact) mass is 316 g/mol. The van der Waals surface area contributed by atoms with Crippen molar-refractivity contribution in [2.24, 2.45) is 0 Å². The molecule has 5 nitrogen and oxygen atoms in total. The SMILES string of the molecule is CCOP(=O)(OCC)[C-](F)S(=O)(=O)c1ccccc1.[Li+]. The Morgan fingerprint density at radius 3 is 2.00 bits per heavy atom. The molecule has 0 fully saturated rings. The first-order valence-corrected chi connectivity index (χ1v) is 8.63. The van der Waals surface area contributed by atoms with Crippen LogP contribution in [-0.2, 0) is 23.4 Å². The zero-order valence-electron chi connectivity index (χ0n) is 11.6. The Morgan fingerprint density at radius 2 is 1.60 bits per heavy atom. The number of rotatable bonds is 7. The first kappa shape index (κ1) is 19.8. The van der Waals surface area contributed by atoms with Crippen LogP contribution in [0.25, 0.3) is 0 Å². The molecule has 0 saturated heterocycles. The number of hydrogen-bond acceptors (Lipinski definition) is 5. The van der Waals surface area contributed by atoms with Gasteiger partial charge in [0.05, 0.1) is 28.3 Å². The van der Waals surface area contributed by atoms with Gasteiger partial charge in [-0.3, -0.25) is 13.0 Å². The van der Waals surface area contributed by atoms with E-state index in [4.69, 9.17) is 0 Å². The van der Waals surface area contributed by atoms with Crippen LogP contribution in [0.2, 0.25) is 0 Å². The zero-order valence-corrected chi connectivity index (χ0v) is 13.3. The van der Waals surface area contributed by atoms with Gasteiger partial charge < -0.3 is 13.4 Å². The Balaban J connectivity index is 0.00000361. The molecule has 108 valence electrons. The Bertz CT molecular complexity index is 541. The molecule has 0 saturated carbocycles. The molecule has 0 N–H and O–H groups in total. The van der Waals surface area contributed by atoms with E-state index in [1.807, 2.05) is 0 Å². The van der Waals surface area contributed by atoms with E-state index >= 15 is 0 Å². The molecular formula is C11H15FLiO5PS. The van der Waals surface area contributed by atoms with E-state index in [9.17, 15) is 17.4 Å². The minimum Gasteiger partial charge on any atom is -0.426 e. The molecule has 0 bridgehead atoms. The molecule has 0 amide bonds. The maximum Gasteiger partial charge on any atom is 1.00 e. The predicted molar refractivity (Wildman–Crippen MR) is 68.8 cm³/mol. The maximum absolute atomic E-state index is 14.1. The van der Waals surface area contributed by atoms with Crippen LogP contribution in [0.1, 0.15) is 13.8 Å². The minimum absolute atomic E-state index is 0. The van der Waals surface area contributed by atoms with Gasteiger partial charge in [-0.05, 0) is 26.0 Å². The van der Waals surface area contributed by atoms with Crippen molar-refractivity contribution in [2.45, 2.75) is 18.7 Å². The van der Waals surface area contributed by atoms with E-state index in [-0.39, 0.29) is 37.0 Å². The summed E-state index contributed by atoms with van der Waals surface area (Å²) >= 11 is 0. The van der Waals surface area contributed by atoms with Crippen LogP contribution in [0, 0.1) is 5.24 Å². The Kier molecular flexibility index (Phi) is 8.27. The second-order valence-electron chi connectivity index (χ2n) is 3.40. The quantitative estimate of drug-likeness (QED) is 0.407. The third-order valence-corrected chi connectivity index (χ3v) is 6.44. The maximum atomic E-state index is 14.1. The molecule has 0 aromatic heterocycles. The summed E-state index contributed by atoms with van der Waals surface area (Å²) < 4.78 is 59.5. The summed E-state index contributed by atoms with van der Waals surface area (Å²) in [5.74, 6) is 0. The van der Waals surface area contributed by atoms with Crippen LogP contribution in [0.15, 0.2) is 35.2 Å². The van der Waals surface area contributed by atoms with Crippen LogP contribution < -0.4 is 18.9 Å². The van der Waals surface area contributed by atoms with E-state index in [1.54, 1.807) is 6.07 Å². The van der Waals surface area contributed by atoms with E-state index in [0.717, 1.165) is 0 Å². The van der Waals surface area contributed by atoms with Crippen molar-refractivity contribution >= 4 is 17.4 Å². The van der Waals surface area contributed by atoms with Gasteiger partial charge in [-0.15, -0.1) is 0 Å². The Hall–Kier alpha value is -0.153. The largest absolute Gasteiger partial charge is 1.00 e. The van der Waals surface area contributed by atoms with Gasteiger partial charge in [0, 0.05) is 4.90 Å². The molecule has 1 rings (SSSR count). The van der Waals surface area contributed by atoms with Crippen LogP contribution in [-0.4, -0.2) is 21.6 Å². The predicted octanol–water partition coefficient (Wildman–Crippen LogP) is 0.147. The summed E-state index contributed by atoms with van der Waals surface area (Å²) in [6.07, 6.45) is 0. The topological polar surface area (TPSA) is 69.7 Å². The van der Waals surface area contributed by atoms with Crippen molar-refractivity contribution in [1.29, 1.82) is 0 Å². The number of sulfone groups is 1. The summed E-state index contributed by atoms with van der Waals surface area (Å²) in [7, 11) is -8.94. The summed E-state index contributed by atoms with van der Waals surface area (Å²) in [5.41, 5.74) is 0. The van der Waals surface area contributed by atoms with Crippen molar-refractivity contribution in [3.8, 4) is 0 Å². The molecule has 0 spiro atoms.